The summed E-state index contributed by atoms with van der Waals surface area (Å²) in [5.41, 5.74) is 6.79. The van der Waals surface area contributed by atoms with Crippen LogP contribution in [0.4, 0.5) is 0 Å². The van der Waals surface area contributed by atoms with Gasteiger partial charge in [-0.25, -0.2) is 0 Å². The first-order valence-electron chi connectivity index (χ1n) is 4.36. The van der Waals surface area contributed by atoms with Gasteiger partial charge in [0.15, 0.2) is 5.78 Å². The smallest absolute Gasteiger partial charge is 0.180 e. The largest absolute Gasteiger partial charge is 0.508 e. The summed E-state index contributed by atoms with van der Waals surface area (Å²) in [6, 6.07) is -0.664. The van der Waals surface area contributed by atoms with Crippen LogP contribution in [0.5, 0.6) is 0 Å². The van der Waals surface area contributed by atoms with E-state index in [2.05, 4.69) is 0 Å². The van der Waals surface area contributed by atoms with Crippen molar-refractivity contribution in [2.24, 2.45) is 11.7 Å². The zero-order chi connectivity index (χ0) is 10.2. The highest BCUT2D eigenvalue weighted by molar-refractivity contribution is 6.03. The fourth-order valence-electron chi connectivity index (χ4n) is 1.32. The molecule has 0 spiro atoms. The summed E-state index contributed by atoms with van der Waals surface area (Å²) < 4.78 is 0. The monoisotopic (exact) mass is 181 g/mol. The Labute approximate surface area is 77.9 Å². The van der Waals surface area contributed by atoms with Gasteiger partial charge < -0.3 is 10.8 Å². The van der Waals surface area contributed by atoms with Gasteiger partial charge in [-0.2, -0.15) is 0 Å². The van der Waals surface area contributed by atoms with Gasteiger partial charge in [0.05, 0.1) is 6.04 Å². The standard InChI is InChI=1S/C10H15NO2/c1-5(2)7-4-8(12)6(3)9(11)10(7)13/h4-5,9,12H,11H2,1-3H3. The van der Waals surface area contributed by atoms with E-state index in [-0.39, 0.29) is 17.5 Å². The molecule has 0 aromatic carbocycles. The van der Waals surface area contributed by atoms with Gasteiger partial charge in [-0.05, 0) is 24.5 Å². The van der Waals surface area contributed by atoms with Gasteiger partial charge in [0.25, 0.3) is 0 Å². The van der Waals surface area contributed by atoms with Crippen LogP contribution in [0.15, 0.2) is 23.0 Å². The predicted molar refractivity (Wildman–Crippen MR) is 51.2 cm³/mol. The Morgan fingerprint density at radius 1 is 1.54 bits per heavy atom. The van der Waals surface area contributed by atoms with Gasteiger partial charge in [0, 0.05) is 5.57 Å². The Kier molecular flexibility index (Phi) is 2.57. The van der Waals surface area contributed by atoms with Crippen LogP contribution >= 0.6 is 0 Å². The maximum absolute atomic E-state index is 11.6. The quantitative estimate of drug-likeness (QED) is 0.641. The highest BCUT2D eigenvalue weighted by Crippen LogP contribution is 2.23. The minimum atomic E-state index is -0.664. The topological polar surface area (TPSA) is 63.3 Å². The summed E-state index contributed by atoms with van der Waals surface area (Å²) in [5.74, 6) is 0.162. The van der Waals surface area contributed by atoms with Crippen molar-refractivity contribution in [3.8, 4) is 0 Å². The van der Waals surface area contributed by atoms with Gasteiger partial charge in [-0.3, -0.25) is 4.79 Å². The van der Waals surface area contributed by atoms with E-state index < -0.39 is 6.04 Å². The van der Waals surface area contributed by atoms with Crippen molar-refractivity contribution in [2.75, 3.05) is 0 Å². The molecule has 3 heteroatoms. The number of carbonyl (C=O) groups is 1. The molecule has 0 bridgehead atoms. The number of allylic oxidation sites excluding steroid dienone is 1. The van der Waals surface area contributed by atoms with E-state index in [1.54, 1.807) is 6.92 Å². The number of hydrogen-bond donors (Lipinski definition) is 2. The Morgan fingerprint density at radius 3 is 2.54 bits per heavy atom. The van der Waals surface area contributed by atoms with E-state index in [4.69, 9.17) is 5.73 Å². The molecule has 0 heterocycles. The first kappa shape index (κ1) is 9.99. The third-order valence-corrected chi connectivity index (χ3v) is 2.35. The van der Waals surface area contributed by atoms with Crippen LogP contribution in [0.1, 0.15) is 20.8 Å². The summed E-state index contributed by atoms with van der Waals surface area (Å²) in [6.45, 7) is 5.49. The van der Waals surface area contributed by atoms with Crippen molar-refractivity contribution in [1.29, 1.82) is 0 Å². The number of nitrogens with two attached hydrogens (primary N) is 1. The fraction of sp³-hybridized carbons (Fsp3) is 0.500. The van der Waals surface area contributed by atoms with Crippen molar-refractivity contribution in [3.63, 3.8) is 0 Å². The Morgan fingerprint density at radius 2 is 2.08 bits per heavy atom. The van der Waals surface area contributed by atoms with Crippen LogP contribution in [-0.2, 0) is 4.79 Å². The van der Waals surface area contributed by atoms with E-state index >= 15 is 0 Å². The van der Waals surface area contributed by atoms with Crippen molar-refractivity contribution in [1.82, 2.24) is 0 Å². The van der Waals surface area contributed by atoms with Gasteiger partial charge in [0.2, 0.25) is 0 Å². The van der Waals surface area contributed by atoms with Gasteiger partial charge in [-0.15, -0.1) is 0 Å². The first-order valence-corrected chi connectivity index (χ1v) is 4.36. The molecule has 72 valence electrons. The molecule has 0 saturated heterocycles. The minimum absolute atomic E-state index is 0.0784. The summed E-state index contributed by atoms with van der Waals surface area (Å²) in [6.07, 6.45) is 1.52. The zero-order valence-corrected chi connectivity index (χ0v) is 8.16. The number of carbonyl (C=O) groups excluding carboxylic acids is 1. The Hall–Kier alpha value is -1.09. The van der Waals surface area contributed by atoms with Gasteiger partial charge >= 0.3 is 0 Å². The van der Waals surface area contributed by atoms with E-state index in [1.165, 1.54) is 6.08 Å². The molecule has 1 unspecified atom stereocenters. The number of hydrogen-bond acceptors (Lipinski definition) is 3. The van der Waals surface area contributed by atoms with Crippen LogP contribution < -0.4 is 5.73 Å². The van der Waals surface area contributed by atoms with Crippen molar-refractivity contribution in [2.45, 2.75) is 26.8 Å². The number of Topliss-reactive ketones (excluding diaryl/α,β-unsaturated/α-hetero) is 1. The molecule has 0 fully saturated rings. The van der Waals surface area contributed by atoms with E-state index in [0.29, 0.717) is 11.1 Å². The molecule has 3 N–H and O–H groups in total. The fourth-order valence-corrected chi connectivity index (χ4v) is 1.32. The third-order valence-electron chi connectivity index (χ3n) is 2.35. The molecule has 0 aromatic rings. The summed E-state index contributed by atoms with van der Waals surface area (Å²) in [4.78, 5) is 11.6. The maximum atomic E-state index is 11.6. The highest BCUT2D eigenvalue weighted by atomic mass is 16.3. The number of aliphatic hydroxyl groups is 1. The van der Waals surface area contributed by atoms with Crippen molar-refractivity contribution < 1.29 is 9.90 Å². The predicted octanol–water partition coefficient (Wildman–Crippen LogP) is 1.31. The average molecular weight is 181 g/mol. The molecule has 0 radical (unpaired) electrons. The molecule has 0 saturated carbocycles. The summed E-state index contributed by atoms with van der Waals surface area (Å²) in [7, 11) is 0. The molecule has 1 aliphatic rings. The van der Waals surface area contributed by atoms with Gasteiger partial charge in [0.1, 0.15) is 5.76 Å². The average Bonchev–Trinajstić information content (AvgIpc) is 2.07. The number of rotatable bonds is 1. The van der Waals surface area contributed by atoms with Crippen LogP contribution in [0, 0.1) is 5.92 Å². The molecule has 0 aromatic heterocycles. The molecule has 1 aliphatic carbocycles. The summed E-state index contributed by atoms with van der Waals surface area (Å²) >= 11 is 0. The lowest BCUT2D eigenvalue weighted by atomic mass is 9.86. The van der Waals surface area contributed by atoms with Crippen LogP contribution in [-0.4, -0.2) is 16.9 Å². The van der Waals surface area contributed by atoms with Crippen LogP contribution in [0.3, 0.4) is 0 Å². The molecule has 13 heavy (non-hydrogen) atoms. The second-order valence-electron chi connectivity index (χ2n) is 3.66. The lowest BCUT2D eigenvalue weighted by Crippen LogP contribution is -2.37. The zero-order valence-electron chi connectivity index (χ0n) is 8.16. The first-order chi connectivity index (χ1) is 5.95. The molecule has 1 atom stereocenters. The van der Waals surface area contributed by atoms with E-state index in [0.717, 1.165) is 0 Å². The molecular formula is C10H15NO2. The van der Waals surface area contributed by atoms with E-state index in [1.807, 2.05) is 13.8 Å². The molecule has 1 rings (SSSR count). The van der Waals surface area contributed by atoms with Crippen LogP contribution in [0.25, 0.3) is 0 Å². The van der Waals surface area contributed by atoms with Gasteiger partial charge in [-0.1, -0.05) is 13.8 Å². The van der Waals surface area contributed by atoms with Crippen molar-refractivity contribution in [3.05, 3.63) is 23.0 Å². The minimum Gasteiger partial charge on any atom is -0.508 e. The number of aliphatic hydroxyl groups excluding tert-OH is 1. The Balaban J connectivity index is 3.13. The molecular weight excluding hydrogens is 166 g/mol. The lowest BCUT2D eigenvalue weighted by Gasteiger charge is -2.21. The normalized spacial score (nSPS) is 23.9. The molecule has 3 nitrogen and oxygen atoms in total. The van der Waals surface area contributed by atoms with Crippen LogP contribution in [0.2, 0.25) is 0 Å². The second kappa shape index (κ2) is 3.34. The summed E-state index contributed by atoms with van der Waals surface area (Å²) in [5, 5.41) is 9.46. The molecule has 0 amide bonds. The highest BCUT2D eigenvalue weighted by Gasteiger charge is 2.27. The van der Waals surface area contributed by atoms with Crippen molar-refractivity contribution >= 4 is 5.78 Å². The second-order valence-corrected chi connectivity index (χ2v) is 3.66. The Bertz CT molecular complexity index is 300. The van der Waals surface area contributed by atoms with E-state index in [9.17, 15) is 9.90 Å². The lowest BCUT2D eigenvalue weighted by molar-refractivity contribution is -0.116. The number of ketones is 1. The third kappa shape index (κ3) is 1.65. The molecule has 0 aliphatic heterocycles. The maximum Gasteiger partial charge on any atom is 0.180 e. The SMILES string of the molecule is CC1=C(O)C=C(C(C)C)C(=O)C1N.